The molecule has 0 radical (unpaired) electrons. The van der Waals surface area contributed by atoms with Crippen LogP contribution >= 0.6 is 24.0 Å². The van der Waals surface area contributed by atoms with Crippen molar-refractivity contribution in [2.45, 2.75) is 24.2 Å². The van der Waals surface area contributed by atoms with Gasteiger partial charge < -0.3 is 5.73 Å². The average molecular weight is 357 g/mol. The molecule has 1 aromatic rings. The molecular weight excluding hydrogens is 338 g/mol. The van der Waals surface area contributed by atoms with Crippen molar-refractivity contribution in [2.75, 3.05) is 19.6 Å². The summed E-state index contributed by atoms with van der Waals surface area (Å²) in [6.07, 6.45) is 2.53. The zero-order valence-electron chi connectivity index (χ0n) is 11.5. The lowest BCUT2D eigenvalue weighted by Crippen LogP contribution is -2.40. The summed E-state index contributed by atoms with van der Waals surface area (Å²) in [5.74, 6) is -0.558. The van der Waals surface area contributed by atoms with E-state index >= 15 is 0 Å². The SMILES string of the molecule is Cl.NCCC1CCCN(S(=O)(=O)c2ccc(Cl)cc2F)C1. The maximum absolute atomic E-state index is 13.8. The Morgan fingerprint density at radius 2 is 2.14 bits per heavy atom. The molecule has 1 aromatic carbocycles. The summed E-state index contributed by atoms with van der Waals surface area (Å²) in [4.78, 5) is -0.310. The standard InChI is InChI=1S/C13H18ClFN2O2S.ClH/c14-11-3-4-13(12(15)8-11)20(18,19)17-7-1-2-10(9-17)5-6-16;/h3-4,8,10H,1-2,5-7,9,16H2;1H. The number of sulfonamides is 1. The van der Waals surface area contributed by atoms with E-state index in [-0.39, 0.29) is 28.2 Å². The molecule has 0 bridgehead atoms. The second-order valence-electron chi connectivity index (χ2n) is 5.02. The Bertz CT molecular complexity index is 582. The van der Waals surface area contributed by atoms with Crippen LogP contribution in [-0.4, -0.2) is 32.4 Å². The third-order valence-electron chi connectivity index (χ3n) is 3.57. The summed E-state index contributed by atoms with van der Waals surface area (Å²) in [7, 11) is -3.80. The van der Waals surface area contributed by atoms with Gasteiger partial charge in [0.05, 0.1) is 0 Å². The number of piperidine rings is 1. The minimum atomic E-state index is -3.80. The molecule has 1 saturated heterocycles. The first-order valence-corrected chi connectivity index (χ1v) is 8.42. The minimum absolute atomic E-state index is 0. The molecule has 0 amide bonds. The van der Waals surface area contributed by atoms with Crippen molar-refractivity contribution in [2.24, 2.45) is 11.7 Å². The normalized spacial score (nSPS) is 20.0. The van der Waals surface area contributed by atoms with Crippen molar-refractivity contribution in [3.05, 3.63) is 29.0 Å². The smallest absolute Gasteiger partial charge is 0.245 e. The minimum Gasteiger partial charge on any atom is -0.330 e. The molecule has 1 unspecified atom stereocenters. The van der Waals surface area contributed by atoms with Crippen LogP contribution in [0.2, 0.25) is 5.02 Å². The molecule has 2 N–H and O–H groups in total. The first-order valence-electron chi connectivity index (χ1n) is 6.60. The van der Waals surface area contributed by atoms with E-state index in [1.54, 1.807) is 0 Å². The fourth-order valence-electron chi connectivity index (χ4n) is 2.54. The Balaban J connectivity index is 0.00000220. The number of rotatable bonds is 4. The van der Waals surface area contributed by atoms with E-state index < -0.39 is 15.8 Å². The van der Waals surface area contributed by atoms with Crippen molar-refractivity contribution in [1.82, 2.24) is 4.31 Å². The van der Waals surface area contributed by atoms with Crippen LogP contribution in [0.3, 0.4) is 0 Å². The lowest BCUT2D eigenvalue weighted by Gasteiger charge is -2.31. The van der Waals surface area contributed by atoms with Crippen LogP contribution in [0.5, 0.6) is 0 Å². The van der Waals surface area contributed by atoms with E-state index in [0.29, 0.717) is 19.6 Å². The summed E-state index contributed by atoms with van der Waals surface area (Å²) in [6, 6.07) is 3.63. The number of hydrogen-bond donors (Lipinski definition) is 1. The monoisotopic (exact) mass is 356 g/mol. The highest BCUT2D eigenvalue weighted by Crippen LogP contribution is 2.27. The van der Waals surface area contributed by atoms with Crippen molar-refractivity contribution < 1.29 is 12.8 Å². The summed E-state index contributed by atoms with van der Waals surface area (Å²) in [5, 5.41) is 0.182. The highest BCUT2D eigenvalue weighted by atomic mass is 35.5. The third kappa shape index (κ3) is 4.29. The average Bonchev–Trinajstić information content (AvgIpc) is 2.39. The maximum Gasteiger partial charge on any atom is 0.245 e. The van der Waals surface area contributed by atoms with E-state index in [1.807, 2.05) is 0 Å². The Labute approximate surface area is 135 Å². The fraction of sp³-hybridized carbons (Fsp3) is 0.538. The van der Waals surface area contributed by atoms with Gasteiger partial charge in [-0.25, -0.2) is 12.8 Å². The molecule has 0 aromatic heterocycles. The largest absolute Gasteiger partial charge is 0.330 e. The third-order valence-corrected chi connectivity index (χ3v) is 5.70. The molecular formula is C13H19Cl2FN2O2S. The Morgan fingerprint density at radius 3 is 2.76 bits per heavy atom. The van der Waals surface area contributed by atoms with Gasteiger partial charge in [0.15, 0.2) is 0 Å². The fourth-order valence-corrected chi connectivity index (χ4v) is 4.30. The van der Waals surface area contributed by atoms with Gasteiger partial charge in [0.25, 0.3) is 0 Å². The van der Waals surface area contributed by atoms with E-state index in [9.17, 15) is 12.8 Å². The van der Waals surface area contributed by atoms with Gasteiger partial charge in [-0.1, -0.05) is 11.6 Å². The van der Waals surface area contributed by atoms with Gasteiger partial charge in [0, 0.05) is 18.1 Å². The van der Waals surface area contributed by atoms with Gasteiger partial charge in [-0.3, -0.25) is 0 Å². The predicted octanol–water partition coefficient (Wildman–Crippen LogP) is 2.65. The molecule has 0 spiro atoms. The second kappa shape index (κ2) is 7.74. The van der Waals surface area contributed by atoms with Crippen LogP contribution < -0.4 is 5.73 Å². The molecule has 0 aliphatic carbocycles. The number of nitrogens with two attached hydrogens (primary N) is 1. The molecule has 21 heavy (non-hydrogen) atoms. The Kier molecular flexibility index (Phi) is 6.87. The zero-order chi connectivity index (χ0) is 14.8. The van der Waals surface area contributed by atoms with Crippen LogP contribution in [0.1, 0.15) is 19.3 Å². The van der Waals surface area contributed by atoms with Gasteiger partial charge in [-0.05, 0) is 49.9 Å². The van der Waals surface area contributed by atoms with Gasteiger partial charge in [-0.15, -0.1) is 12.4 Å². The topological polar surface area (TPSA) is 63.4 Å². The molecule has 1 atom stereocenters. The summed E-state index contributed by atoms with van der Waals surface area (Å²) in [6.45, 7) is 1.36. The van der Waals surface area contributed by atoms with Crippen LogP contribution in [0.4, 0.5) is 4.39 Å². The van der Waals surface area contributed by atoms with E-state index in [4.69, 9.17) is 17.3 Å². The molecule has 1 aliphatic heterocycles. The first-order chi connectivity index (χ1) is 9.45. The number of benzene rings is 1. The van der Waals surface area contributed by atoms with Crippen LogP contribution in [0.25, 0.3) is 0 Å². The van der Waals surface area contributed by atoms with Gasteiger partial charge in [0.2, 0.25) is 10.0 Å². The maximum atomic E-state index is 13.8. The molecule has 0 saturated carbocycles. The highest BCUT2D eigenvalue weighted by molar-refractivity contribution is 7.89. The molecule has 1 aliphatic rings. The lowest BCUT2D eigenvalue weighted by molar-refractivity contribution is 0.257. The van der Waals surface area contributed by atoms with Gasteiger partial charge in [-0.2, -0.15) is 4.31 Å². The quantitative estimate of drug-likeness (QED) is 0.901. The Hall–Kier alpha value is -0.400. The molecule has 1 fully saturated rings. The lowest BCUT2D eigenvalue weighted by atomic mass is 9.96. The molecule has 4 nitrogen and oxygen atoms in total. The van der Waals surface area contributed by atoms with Gasteiger partial charge in [0.1, 0.15) is 10.7 Å². The number of nitrogens with zero attached hydrogens (tertiary/aromatic N) is 1. The van der Waals surface area contributed by atoms with Gasteiger partial charge >= 0.3 is 0 Å². The molecule has 8 heteroatoms. The number of halogens is 3. The van der Waals surface area contributed by atoms with Crippen molar-refractivity contribution in [1.29, 1.82) is 0 Å². The number of hydrogen-bond acceptors (Lipinski definition) is 3. The second-order valence-corrected chi connectivity index (χ2v) is 7.37. The summed E-state index contributed by atoms with van der Waals surface area (Å²) >= 11 is 5.65. The van der Waals surface area contributed by atoms with E-state index in [0.717, 1.165) is 25.3 Å². The highest BCUT2D eigenvalue weighted by Gasteiger charge is 2.31. The van der Waals surface area contributed by atoms with Crippen molar-refractivity contribution in [3.8, 4) is 0 Å². The molecule has 120 valence electrons. The molecule has 2 rings (SSSR count). The van der Waals surface area contributed by atoms with E-state index in [1.165, 1.54) is 16.4 Å². The first kappa shape index (κ1) is 18.6. The summed E-state index contributed by atoms with van der Waals surface area (Å²) < 4.78 is 40.1. The van der Waals surface area contributed by atoms with Crippen LogP contribution in [0, 0.1) is 11.7 Å². The zero-order valence-corrected chi connectivity index (χ0v) is 13.9. The van der Waals surface area contributed by atoms with Crippen LogP contribution in [0.15, 0.2) is 23.1 Å². The molecule has 1 heterocycles. The Morgan fingerprint density at radius 1 is 1.43 bits per heavy atom. The van der Waals surface area contributed by atoms with Crippen LogP contribution in [-0.2, 0) is 10.0 Å². The van der Waals surface area contributed by atoms with Crippen molar-refractivity contribution in [3.63, 3.8) is 0 Å². The van der Waals surface area contributed by atoms with Crippen molar-refractivity contribution >= 4 is 34.0 Å². The summed E-state index contributed by atoms with van der Waals surface area (Å²) in [5.41, 5.74) is 5.52. The predicted molar refractivity (Wildman–Crippen MR) is 83.8 cm³/mol. The van der Waals surface area contributed by atoms with E-state index in [2.05, 4.69) is 0 Å².